The first-order valence-electron chi connectivity index (χ1n) is 6.54. The number of pyridine rings is 1. The van der Waals surface area contributed by atoms with Crippen molar-refractivity contribution >= 4 is 0 Å². The van der Waals surface area contributed by atoms with E-state index in [1.54, 1.807) is 12.4 Å². The van der Waals surface area contributed by atoms with Crippen molar-refractivity contribution in [2.24, 2.45) is 5.73 Å². The highest BCUT2D eigenvalue weighted by molar-refractivity contribution is 5.32. The van der Waals surface area contributed by atoms with E-state index in [-0.39, 0.29) is 6.04 Å². The van der Waals surface area contributed by atoms with Gasteiger partial charge >= 0.3 is 0 Å². The lowest BCUT2D eigenvalue weighted by atomic mass is 10.1. The Bertz CT molecular complexity index is 589. The maximum atomic E-state index is 8.94. The summed E-state index contributed by atoms with van der Waals surface area (Å²) in [5.74, 6) is 0. The Hall–Kier alpha value is -2.22. The summed E-state index contributed by atoms with van der Waals surface area (Å²) >= 11 is 0. The number of hydrogen-bond donors (Lipinski definition) is 1. The third kappa shape index (κ3) is 3.41. The van der Waals surface area contributed by atoms with Gasteiger partial charge in [-0.25, -0.2) is 0 Å². The van der Waals surface area contributed by atoms with Crippen LogP contribution in [0.2, 0.25) is 0 Å². The molecule has 0 aliphatic heterocycles. The van der Waals surface area contributed by atoms with Gasteiger partial charge in [0.15, 0.2) is 0 Å². The summed E-state index contributed by atoms with van der Waals surface area (Å²) < 4.78 is 0. The van der Waals surface area contributed by atoms with Gasteiger partial charge in [-0.1, -0.05) is 12.1 Å². The summed E-state index contributed by atoms with van der Waals surface area (Å²) in [5, 5.41) is 8.94. The first-order valence-corrected chi connectivity index (χ1v) is 6.54. The fraction of sp³-hybridized carbons (Fsp3) is 0.250. The van der Waals surface area contributed by atoms with Gasteiger partial charge in [0.1, 0.15) is 0 Å². The topological polar surface area (TPSA) is 65.9 Å². The van der Waals surface area contributed by atoms with Crippen LogP contribution in [0.4, 0.5) is 0 Å². The Kier molecular flexibility index (Phi) is 4.83. The van der Waals surface area contributed by atoms with Gasteiger partial charge in [-0.05, 0) is 42.4 Å². The molecule has 4 nitrogen and oxygen atoms in total. The first kappa shape index (κ1) is 14.2. The summed E-state index contributed by atoms with van der Waals surface area (Å²) in [7, 11) is 2.04. The van der Waals surface area contributed by atoms with Gasteiger partial charge in [-0.2, -0.15) is 5.26 Å². The van der Waals surface area contributed by atoms with Crippen LogP contribution in [0.1, 0.15) is 22.7 Å². The fourth-order valence-electron chi connectivity index (χ4n) is 2.29. The van der Waals surface area contributed by atoms with Crippen molar-refractivity contribution < 1.29 is 0 Å². The van der Waals surface area contributed by atoms with Gasteiger partial charge in [-0.15, -0.1) is 0 Å². The number of rotatable bonds is 5. The second-order valence-electron chi connectivity index (χ2n) is 4.76. The predicted octanol–water partition coefficient (Wildman–Crippen LogP) is 2.09. The quantitative estimate of drug-likeness (QED) is 0.900. The minimum Gasteiger partial charge on any atom is -0.329 e. The summed E-state index contributed by atoms with van der Waals surface area (Å²) in [5.41, 5.74) is 8.85. The Morgan fingerprint density at radius 1 is 1.30 bits per heavy atom. The molecule has 0 spiro atoms. The molecule has 4 heteroatoms. The second-order valence-corrected chi connectivity index (χ2v) is 4.76. The number of nitrogens with two attached hydrogens (primary N) is 1. The van der Waals surface area contributed by atoms with Gasteiger partial charge < -0.3 is 5.73 Å². The molecule has 1 atom stereocenters. The smallest absolute Gasteiger partial charge is 0.0991 e. The Morgan fingerprint density at radius 3 is 2.70 bits per heavy atom. The van der Waals surface area contributed by atoms with Crippen LogP contribution in [0, 0.1) is 11.3 Å². The van der Waals surface area contributed by atoms with Gasteiger partial charge in [-0.3, -0.25) is 9.88 Å². The van der Waals surface area contributed by atoms with Crippen molar-refractivity contribution in [3.63, 3.8) is 0 Å². The van der Waals surface area contributed by atoms with Crippen molar-refractivity contribution in [2.45, 2.75) is 12.6 Å². The van der Waals surface area contributed by atoms with Crippen LogP contribution in [0.25, 0.3) is 0 Å². The van der Waals surface area contributed by atoms with Crippen molar-refractivity contribution in [3.8, 4) is 6.07 Å². The van der Waals surface area contributed by atoms with Crippen LogP contribution in [0.15, 0.2) is 48.8 Å². The number of nitrogens with zero attached hydrogens (tertiary/aromatic N) is 3. The zero-order valence-corrected chi connectivity index (χ0v) is 11.5. The molecule has 0 amide bonds. The van der Waals surface area contributed by atoms with E-state index in [0.29, 0.717) is 12.1 Å². The molecule has 0 aliphatic rings. The van der Waals surface area contributed by atoms with Crippen LogP contribution in [0.3, 0.4) is 0 Å². The van der Waals surface area contributed by atoms with Crippen LogP contribution in [-0.2, 0) is 6.54 Å². The molecule has 1 unspecified atom stereocenters. The number of likely N-dealkylation sites (N-methyl/N-ethyl adjacent to an activating group) is 1. The summed E-state index contributed by atoms with van der Waals surface area (Å²) in [6.45, 7) is 1.29. The molecular formula is C16H18N4. The SMILES string of the molecule is CN(Cc1cccc(C#N)c1)C(CN)c1ccncc1. The number of benzene rings is 1. The maximum Gasteiger partial charge on any atom is 0.0991 e. The lowest BCUT2D eigenvalue weighted by Gasteiger charge is -2.27. The summed E-state index contributed by atoms with van der Waals surface area (Å²) in [4.78, 5) is 6.22. The fourth-order valence-corrected chi connectivity index (χ4v) is 2.29. The molecule has 0 fully saturated rings. The predicted molar refractivity (Wildman–Crippen MR) is 78.7 cm³/mol. The lowest BCUT2D eigenvalue weighted by Crippen LogP contribution is -2.30. The van der Waals surface area contributed by atoms with E-state index in [9.17, 15) is 0 Å². The molecule has 2 N–H and O–H groups in total. The van der Waals surface area contributed by atoms with Gasteiger partial charge in [0, 0.05) is 31.5 Å². The highest BCUT2D eigenvalue weighted by Gasteiger charge is 2.15. The lowest BCUT2D eigenvalue weighted by molar-refractivity contribution is 0.241. The molecule has 1 heterocycles. The van der Waals surface area contributed by atoms with Gasteiger partial charge in [0.25, 0.3) is 0 Å². The molecule has 0 aliphatic carbocycles. The van der Waals surface area contributed by atoms with Crippen LogP contribution >= 0.6 is 0 Å². The van der Waals surface area contributed by atoms with E-state index in [4.69, 9.17) is 11.0 Å². The molecule has 0 radical (unpaired) electrons. The Morgan fingerprint density at radius 2 is 2.05 bits per heavy atom. The van der Waals surface area contributed by atoms with Gasteiger partial charge in [0.2, 0.25) is 0 Å². The standard InChI is InChI=1S/C16H18N4/c1-20(12-14-4-2-3-13(9-14)10-17)16(11-18)15-5-7-19-8-6-15/h2-9,16H,11-12,18H2,1H3. The van der Waals surface area contributed by atoms with E-state index in [1.807, 2.05) is 43.4 Å². The van der Waals surface area contributed by atoms with Gasteiger partial charge in [0.05, 0.1) is 11.6 Å². The average molecular weight is 266 g/mol. The normalized spacial score (nSPS) is 12.1. The Balaban J connectivity index is 2.13. The molecular weight excluding hydrogens is 248 g/mol. The second kappa shape index (κ2) is 6.80. The highest BCUT2D eigenvalue weighted by Crippen LogP contribution is 2.19. The van der Waals surface area contributed by atoms with E-state index >= 15 is 0 Å². The number of nitriles is 1. The Labute approximate surface area is 119 Å². The highest BCUT2D eigenvalue weighted by atomic mass is 15.1. The van der Waals surface area contributed by atoms with Crippen molar-refractivity contribution in [3.05, 3.63) is 65.5 Å². The van der Waals surface area contributed by atoms with Crippen LogP contribution < -0.4 is 5.73 Å². The molecule has 1 aromatic heterocycles. The third-order valence-electron chi connectivity index (χ3n) is 3.33. The molecule has 20 heavy (non-hydrogen) atoms. The molecule has 2 rings (SSSR count). The average Bonchev–Trinajstić information content (AvgIpc) is 2.49. The van der Waals surface area contributed by atoms with E-state index in [2.05, 4.69) is 16.0 Å². The third-order valence-corrected chi connectivity index (χ3v) is 3.33. The monoisotopic (exact) mass is 266 g/mol. The molecule has 0 saturated heterocycles. The zero-order valence-electron chi connectivity index (χ0n) is 11.5. The molecule has 0 saturated carbocycles. The minimum absolute atomic E-state index is 0.142. The largest absolute Gasteiger partial charge is 0.329 e. The zero-order chi connectivity index (χ0) is 14.4. The first-order chi connectivity index (χ1) is 9.74. The molecule has 0 bridgehead atoms. The maximum absolute atomic E-state index is 8.94. The molecule has 2 aromatic rings. The van der Waals surface area contributed by atoms with Crippen molar-refractivity contribution in [2.75, 3.05) is 13.6 Å². The van der Waals surface area contributed by atoms with Crippen molar-refractivity contribution in [1.29, 1.82) is 5.26 Å². The number of aromatic nitrogens is 1. The summed E-state index contributed by atoms with van der Waals surface area (Å²) in [6, 6.07) is 13.9. The molecule has 102 valence electrons. The van der Waals surface area contributed by atoms with Crippen molar-refractivity contribution in [1.82, 2.24) is 9.88 Å². The van der Waals surface area contributed by atoms with E-state index in [1.165, 1.54) is 0 Å². The van der Waals surface area contributed by atoms with Crippen LogP contribution in [0.5, 0.6) is 0 Å². The van der Waals surface area contributed by atoms with E-state index < -0.39 is 0 Å². The van der Waals surface area contributed by atoms with E-state index in [0.717, 1.165) is 17.7 Å². The number of hydrogen-bond acceptors (Lipinski definition) is 4. The van der Waals surface area contributed by atoms with Crippen LogP contribution in [-0.4, -0.2) is 23.5 Å². The molecule has 1 aromatic carbocycles. The minimum atomic E-state index is 0.142. The summed E-state index contributed by atoms with van der Waals surface area (Å²) in [6.07, 6.45) is 3.56.